The molecule has 0 fully saturated rings. The molecule has 1 aromatic heterocycles. The molecule has 0 spiro atoms. The Morgan fingerprint density at radius 3 is 2.31 bits per heavy atom. The molecule has 164 valence electrons. The van der Waals surface area contributed by atoms with Crippen molar-refractivity contribution in [3.63, 3.8) is 0 Å². The van der Waals surface area contributed by atoms with E-state index in [-0.39, 0.29) is 43.4 Å². The Kier molecular flexibility index (Phi) is 5.60. The Hall–Kier alpha value is -3.10. The number of aromatic hydroxyl groups is 2. The molecule has 0 aliphatic rings. The predicted molar refractivity (Wildman–Crippen MR) is 119 cm³/mol. The molecule has 0 saturated carbocycles. The second-order valence-corrected chi connectivity index (χ2v) is 8.58. The topological polar surface area (TPSA) is 62.5 Å². The molecule has 0 amide bonds. The molecule has 0 atom stereocenters. The summed E-state index contributed by atoms with van der Waals surface area (Å²) in [7, 11) is 1.47. The average Bonchev–Trinajstić information content (AvgIpc) is 2.74. The van der Waals surface area contributed by atoms with E-state index in [0.717, 1.165) is 23.9 Å². The first-order chi connectivity index (χ1) is 15.1. The van der Waals surface area contributed by atoms with Crippen molar-refractivity contribution in [3.05, 3.63) is 81.6 Å². The number of rotatable bonds is 3. The molecule has 32 heavy (non-hydrogen) atoms. The summed E-state index contributed by atoms with van der Waals surface area (Å²) in [6, 6.07) is 13.3. The lowest BCUT2D eigenvalue weighted by molar-refractivity contribution is -0.137. The highest BCUT2D eigenvalue weighted by Gasteiger charge is 2.31. The molecule has 0 aliphatic carbocycles. The summed E-state index contributed by atoms with van der Waals surface area (Å²) < 4.78 is 41.7. The lowest BCUT2D eigenvalue weighted by Crippen LogP contribution is -2.20. The van der Waals surface area contributed by atoms with Crippen LogP contribution in [0.3, 0.4) is 0 Å². The second kappa shape index (κ2) is 8.11. The van der Waals surface area contributed by atoms with E-state index in [9.17, 15) is 28.2 Å². The maximum Gasteiger partial charge on any atom is 0.416 e. The van der Waals surface area contributed by atoms with Gasteiger partial charge in [-0.3, -0.25) is 4.79 Å². The SMILES string of the molecule is Cn1c(=O)c(Sc2ccc(O)cc2)c(-c2cc(Cl)ccc2O)c2cc(C(F)(F)F)ccc21. The van der Waals surface area contributed by atoms with Crippen molar-refractivity contribution in [1.82, 2.24) is 4.57 Å². The van der Waals surface area contributed by atoms with E-state index in [4.69, 9.17) is 11.6 Å². The normalized spacial score (nSPS) is 11.8. The third kappa shape index (κ3) is 4.03. The molecule has 0 bridgehead atoms. The van der Waals surface area contributed by atoms with E-state index in [0.29, 0.717) is 4.90 Å². The highest BCUT2D eigenvalue weighted by Crippen LogP contribution is 2.44. The highest BCUT2D eigenvalue weighted by atomic mass is 35.5. The minimum absolute atomic E-state index is 0.0308. The zero-order valence-corrected chi connectivity index (χ0v) is 18.0. The van der Waals surface area contributed by atoms with E-state index in [1.165, 1.54) is 48.0 Å². The summed E-state index contributed by atoms with van der Waals surface area (Å²) in [6.07, 6.45) is -4.60. The largest absolute Gasteiger partial charge is 0.508 e. The van der Waals surface area contributed by atoms with Gasteiger partial charge >= 0.3 is 6.18 Å². The van der Waals surface area contributed by atoms with Gasteiger partial charge in [0.1, 0.15) is 11.5 Å². The second-order valence-electron chi connectivity index (χ2n) is 7.06. The van der Waals surface area contributed by atoms with Crippen LogP contribution in [0.4, 0.5) is 13.2 Å². The molecular weight excluding hydrogens is 463 g/mol. The number of pyridine rings is 1. The summed E-state index contributed by atoms with van der Waals surface area (Å²) in [5.41, 5.74) is -0.780. The van der Waals surface area contributed by atoms with Crippen molar-refractivity contribution in [2.45, 2.75) is 16.0 Å². The minimum Gasteiger partial charge on any atom is -0.508 e. The van der Waals surface area contributed by atoms with Gasteiger partial charge in [-0.2, -0.15) is 13.2 Å². The number of benzene rings is 3. The number of hydrogen-bond donors (Lipinski definition) is 2. The summed E-state index contributed by atoms with van der Waals surface area (Å²) in [5.74, 6) is -0.197. The Bertz CT molecular complexity index is 1400. The van der Waals surface area contributed by atoms with E-state index in [1.54, 1.807) is 12.1 Å². The van der Waals surface area contributed by atoms with Crippen molar-refractivity contribution >= 4 is 34.3 Å². The van der Waals surface area contributed by atoms with Gasteiger partial charge in [-0.15, -0.1) is 0 Å². The van der Waals surface area contributed by atoms with Gasteiger partial charge in [0.15, 0.2) is 0 Å². The highest BCUT2D eigenvalue weighted by molar-refractivity contribution is 7.99. The van der Waals surface area contributed by atoms with Crippen molar-refractivity contribution in [2.75, 3.05) is 0 Å². The average molecular weight is 478 g/mol. The van der Waals surface area contributed by atoms with Crippen LogP contribution < -0.4 is 5.56 Å². The van der Waals surface area contributed by atoms with Crippen molar-refractivity contribution in [3.8, 4) is 22.6 Å². The molecule has 0 saturated heterocycles. The molecule has 4 rings (SSSR count). The van der Waals surface area contributed by atoms with Gasteiger partial charge in [-0.25, -0.2) is 0 Å². The lowest BCUT2D eigenvalue weighted by atomic mass is 9.98. The van der Waals surface area contributed by atoms with Crippen molar-refractivity contribution in [2.24, 2.45) is 7.05 Å². The molecule has 4 aromatic rings. The molecule has 0 unspecified atom stereocenters. The minimum atomic E-state index is -4.60. The molecule has 0 radical (unpaired) electrons. The van der Waals surface area contributed by atoms with Gasteiger partial charge in [0, 0.05) is 33.5 Å². The molecule has 2 N–H and O–H groups in total. The van der Waals surface area contributed by atoms with Crippen LogP contribution >= 0.6 is 23.4 Å². The number of phenols is 2. The maximum absolute atomic E-state index is 13.5. The monoisotopic (exact) mass is 477 g/mol. The van der Waals surface area contributed by atoms with E-state index >= 15 is 0 Å². The Labute approximate surface area is 189 Å². The summed E-state index contributed by atoms with van der Waals surface area (Å²) in [4.78, 5) is 14.0. The molecule has 1 heterocycles. The quantitative estimate of drug-likeness (QED) is 0.356. The number of fused-ring (bicyclic) bond motifs is 1. The van der Waals surface area contributed by atoms with Gasteiger partial charge in [-0.1, -0.05) is 23.4 Å². The number of aromatic nitrogens is 1. The Morgan fingerprint density at radius 2 is 1.66 bits per heavy atom. The van der Waals surface area contributed by atoms with Crippen LogP contribution in [0, 0.1) is 0 Å². The van der Waals surface area contributed by atoms with Crippen molar-refractivity contribution in [1.29, 1.82) is 0 Å². The molecule has 0 aliphatic heterocycles. The van der Waals surface area contributed by atoms with Crippen LogP contribution in [0.25, 0.3) is 22.0 Å². The fourth-order valence-corrected chi connectivity index (χ4v) is 4.62. The summed E-state index contributed by atoms with van der Waals surface area (Å²) >= 11 is 7.14. The maximum atomic E-state index is 13.5. The number of phenolic OH excluding ortho intramolecular Hbond substituents is 2. The van der Waals surface area contributed by atoms with Gasteiger partial charge in [-0.05, 0) is 60.7 Å². The fourth-order valence-electron chi connectivity index (χ4n) is 3.40. The van der Waals surface area contributed by atoms with E-state index < -0.39 is 17.3 Å². The first-order valence-corrected chi connectivity index (χ1v) is 10.5. The van der Waals surface area contributed by atoms with E-state index in [1.807, 2.05) is 0 Å². The van der Waals surface area contributed by atoms with Crippen LogP contribution in [0.2, 0.25) is 5.02 Å². The number of nitrogens with zero attached hydrogens (tertiary/aromatic N) is 1. The number of alkyl halides is 3. The third-order valence-corrected chi connectivity index (χ3v) is 6.29. The first-order valence-electron chi connectivity index (χ1n) is 9.26. The third-order valence-electron chi connectivity index (χ3n) is 4.97. The molecule has 9 heteroatoms. The molecular formula is C23H15ClF3NO3S. The zero-order valence-electron chi connectivity index (χ0n) is 16.4. The van der Waals surface area contributed by atoms with Crippen LogP contribution in [-0.2, 0) is 13.2 Å². The summed E-state index contributed by atoms with van der Waals surface area (Å²) in [5, 5.41) is 20.5. The lowest BCUT2D eigenvalue weighted by Gasteiger charge is -2.18. The standard InChI is InChI=1S/C23H15ClF3NO3S/c1-28-18-8-2-12(23(25,26)27)10-16(18)20(17-11-13(24)3-9-19(17)30)21(22(28)31)32-15-6-4-14(29)5-7-15/h2-11,29-30H,1H3. The van der Waals surface area contributed by atoms with Gasteiger partial charge < -0.3 is 14.8 Å². The first kappa shape index (κ1) is 22.1. The zero-order chi connectivity index (χ0) is 23.2. The smallest absolute Gasteiger partial charge is 0.416 e. The predicted octanol–water partition coefficient (Wildman–Crippen LogP) is 6.44. The Morgan fingerprint density at radius 1 is 0.969 bits per heavy atom. The van der Waals surface area contributed by atoms with Crippen LogP contribution in [0.5, 0.6) is 11.5 Å². The van der Waals surface area contributed by atoms with Gasteiger partial charge in [0.05, 0.1) is 16.0 Å². The fraction of sp³-hybridized carbons (Fsp3) is 0.0870. The molecule has 4 nitrogen and oxygen atoms in total. The molecule has 3 aromatic carbocycles. The van der Waals surface area contributed by atoms with Gasteiger partial charge in [0.25, 0.3) is 5.56 Å². The van der Waals surface area contributed by atoms with Crippen LogP contribution in [-0.4, -0.2) is 14.8 Å². The van der Waals surface area contributed by atoms with Crippen LogP contribution in [0.1, 0.15) is 5.56 Å². The number of aryl methyl sites for hydroxylation is 1. The number of hydrogen-bond acceptors (Lipinski definition) is 4. The Balaban J connectivity index is 2.12. The number of halogens is 4. The van der Waals surface area contributed by atoms with Crippen molar-refractivity contribution < 1.29 is 23.4 Å². The van der Waals surface area contributed by atoms with Crippen LogP contribution in [0.15, 0.2) is 75.2 Å². The van der Waals surface area contributed by atoms with Gasteiger partial charge in [0.2, 0.25) is 0 Å². The van der Waals surface area contributed by atoms with E-state index in [2.05, 4.69) is 0 Å². The summed E-state index contributed by atoms with van der Waals surface area (Å²) in [6.45, 7) is 0.